The van der Waals surface area contributed by atoms with Crippen molar-refractivity contribution in [1.29, 1.82) is 0 Å². The minimum Gasteiger partial charge on any atom is -0.467 e. The van der Waals surface area contributed by atoms with Gasteiger partial charge in [0, 0.05) is 13.1 Å². The van der Waals surface area contributed by atoms with Crippen LogP contribution in [0, 0.1) is 0 Å². The summed E-state index contributed by atoms with van der Waals surface area (Å²) < 4.78 is 15.6. The van der Waals surface area contributed by atoms with Gasteiger partial charge in [-0.05, 0) is 12.1 Å². The summed E-state index contributed by atoms with van der Waals surface area (Å²) in [5.74, 6) is 1.46. The van der Waals surface area contributed by atoms with Crippen LogP contribution in [-0.2, 0) is 4.74 Å². The van der Waals surface area contributed by atoms with Crippen molar-refractivity contribution in [2.24, 2.45) is 5.10 Å². The second-order valence-corrected chi connectivity index (χ2v) is 4.43. The molecule has 0 atom stereocenters. The lowest BCUT2D eigenvalue weighted by Crippen LogP contribution is -2.37. The fraction of sp³-hybridized carbons (Fsp3) is 0.385. The monoisotopic (exact) mass is 304 g/mol. The van der Waals surface area contributed by atoms with Gasteiger partial charge in [-0.25, -0.2) is 5.43 Å². The summed E-state index contributed by atoms with van der Waals surface area (Å²) in [6.45, 7) is 2.74. The summed E-state index contributed by atoms with van der Waals surface area (Å²) in [6, 6.07) is 3.80. The zero-order valence-electron chi connectivity index (χ0n) is 12.1. The Morgan fingerprint density at radius 1 is 1.32 bits per heavy atom. The third-order valence-corrected chi connectivity index (χ3v) is 2.98. The maximum Gasteiger partial charge on any atom is 0.322 e. The van der Waals surface area contributed by atoms with Gasteiger partial charge in [-0.1, -0.05) is 0 Å². The summed E-state index contributed by atoms with van der Waals surface area (Å²) in [6.07, 6.45) is 3.11. The first kappa shape index (κ1) is 14.3. The molecule has 0 aliphatic carbocycles. The Morgan fingerprint density at radius 3 is 2.91 bits per heavy atom. The second kappa shape index (κ2) is 6.85. The first-order chi connectivity index (χ1) is 10.8. The summed E-state index contributed by atoms with van der Waals surface area (Å²) in [5, 5.41) is 4.03. The predicted molar refractivity (Wildman–Crippen MR) is 79.3 cm³/mol. The first-order valence-electron chi connectivity index (χ1n) is 6.80. The summed E-state index contributed by atoms with van der Waals surface area (Å²) in [4.78, 5) is 14.7. The molecule has 2 aromatic heterocycles. The van der Waals surface area contributed by atoms with Crippen molar-refractivity contribution >= 4 is 18.1 Å². The maximum atomic E-state index is 5.32. The lowest BCUT2D eigenvalue weighted by atomic mass is 10.4. The second-order valence-electron chi connectivity index (χ2n) is 4.43. The van der Waals surface area contributed by atoms with Gasteiger partial charge < -0.3 is 18.8 Å². The fourth-order valence-corrected chi connectivity index (χ4v) is 1.91. The average molecular weight is 304 g/mol. The molecule has 1 aliphatic heterocycles. The maximum absolute atomic E-state index is 5.32. The van der Waals surface area contributed by atoms with Gasteiger partial charge in [-0.2, -0.15) is 20.1 Å². The molecule has 1 fully saturated rings. The van der Waals surface area contributed by atoms with E-state index < -0.39 is 0 Å². The minimum absolute atomic E-state index is 0.229. The lowest BCUT2D eigenvalue weighted by Gasteiger charge is -2.26. The molecule has 3 rings (SSSR count). The molecule has 9 nitrogen and oxygen atoms in total. The summed E-state index contributed by atoms with van der Waals surface area (Å²) >= 11 is 0. The molecule has 0 aromatic carbocycles. The van der Waals surface area contributed by atoms with E-state index in [1.807, 2.05) is 4.90 Å². The lowest BCUT2D eigenvalue weighted by molar-refractivity contribution is 0.122. The van der Waals surface area contributed by atoms with Gasteiger partial charge in [0.2, 0.25) is 5.95 Å². The Bertz CT molecular complexity index is 625. The zero-order chi connectivity index (χ0) is 15.2. The third-order valence-electron chi connectivity index (χ3n) is 2.98. The molecule has 0 spiro atoms. The Hall–Kier alpha value is -2.68. The molecule has 116 valence electrons. The number of ether oxygens (including phenoxy) is 2. The quantitative estimate of drug-likeness (QED) is 0.638. The molecule has 0 radical (unpaired) electrons. The van der Waals surface area contributed by atoms with Crippen molar-refractivity contribution < 1.29 is 13.9 Å². The summed E-state index contributed by atoms with van der Waals surface area (Å²) in [5.41, 5.74) is 2.75. The van der Waals surface area contributed by atoms with Crippen LogP contribution in [0.1, 0.15) is 5.76 Å². The van der Waals surface area contributed by atoms with E-state index in [2.05, 4.69) is 25.5 Å². The number of morpholine rings is 1. The van der Waals surface area contributed by atoms with E-state index in [4.69, 9.17) is 13.9 Å². The van der Waals surface area contributed by atoms with E-state index in [0.717, 1.165) is 13.1 Å². The van der Waals surface area contributed by atoms with Gasteiger partial charge in [0.25, 0.3) is 5.95 Å². The molecule has 0 amide bonds. The first-order valence-corrected chi connectivity index (χ1v) is 6.80. The van der Waals surface area contributed by atoms with E-state index in [1.165, 1.54) is 13.3 Å². The van der Waals surface area contributed by atoms with Crippen molar-refractivity contribution in [2.45, 2.75) is 0 Å². The highest BCUT2D eigenvalue weighted by molar-refractivity contribution is 5.76. The van der Waals surface area contributed by atoms with Gasteiger partial charge in [0.15, 0.2) is 0 Å². The van der Waals surface area contributed by atoms with Gasteiger partial charge in [-0.3, -0.25) is 0 Å². The molecule has 3 heterocycles. The van der Waals surface area contributed by atoms with E-state index in [0.29, 0.717) is 30.9 Å². The van der Waals surface area contributed by atoms with Crippen molar-refractivity contribution in [3.05, 3.63) is 24.2 Å². The molecule has 9 heteroatoms. The number of methoxy groups -OCH3 is 1. The van der Waals surface area contributed by atoms with Crippen LogP contribution < -0.4 is 15.1 Å². The van der Waals surface area contributed by atoms with Crippen LogP contribution in [-0.4, -0.2) is 54.6 Å². The van der Waals surface area contributed by atoms with Crippen LogP contribution in [0.3, 0.4) is 0 Å². The molecular weight excluding hydrogens is 288 g/mol. The highest BCUT2D eigenvalue weighted by Gasteiger charge is 2.16. The Kier molecular flexibility index (Phi) is 4.44. The molecule has 2 aromatic rings. The van der Waals surface area contributed by atoms with Gasteiger partial charge in [-0.15, -0.1) is 0 Å². The fourth-order valence-electron chi connectivity index (χ4n) is 1.91. The van der Waals surface area contributed by atoms with E-state index in [1.54, 1.807) is 18.4 Å². The van der Waals surface area contributed by atoms with Crippen LogP contribution >= 0.6 is 0 Å². The topological polar surface area (TPSA) is 97.9 Å². The normalized spacial score (nSPS) is 15.2. The third kappa shape index (κ3) is 3.50. The number of furan rings is 1. The summed E-state index contributed by atoms with van der Waals surface area (Å²) in [7, 11) is 1.51. The number of hydrazone groups is 1. The van der Waals surface area contributed by atoms with Crippen LogP contribution in [0.4, 0.5) is 11.9 Å². The molecule has 1 saturated heterocycles. The largest absolute Gasteiger partial charge is 0.467 e. The van der Waals surface area contributed by atoms with E-state index in [9.17, 15) is 0 Å². The smallest absolute Gasteiger partial charge is 0.322 e. The molecule has 22 heavy (non-hydrogen) atoms. The predicted octanol–water partition coefficient (Wildman–Crippen LogP) is 0.756. The molecule has 1 N–H and O–H groups in total. The number of hydrogen-bond acceptors (Lipinski definition) is 9. The van der Waals surface area contributed by atoms with Crippen LogP contribution in [0.25, 0.3) is 0 Å². The standard InChI is InChI=1S/C13H16N6O3/c1-20-13-16-11(18-14-9-10-3-2-6-22-10)15-12(17-13)19-4-7-21-8-5-19/h2-3,6,9H,4-5,7-8H2,1H3,(H,15,16,17,18). The Labute approximate surface area is 127 Å². The number of hydrogen-bond donors (Lipinski definition) is 1. The Balaban J connectivity index is 1.74. The van der Waals surface area contributed by atoms with Gasteiger partial charge >= 0.3 is 6.01 Å². The Morgan fingerprint density at radius 2 is 2.18 bits per heavy atom. The molecular formula is C13H16N6O3. The molecule has 0 saturated carbocycles. The highest BCUT2D eigenvalue weighted by Crippen LogP contribution is 2.15. The van der Waals surface area contributed by atoms with E-state index in [-0.39, 0.29) is 6.01 Å². The number of nitrogens with zero attached hydrogens (tertiary/aromatic N) is 5. The minimum atomic E-state index is 0.229. The molecule has 1 aliphatic rings. The van der Waals surface area contributed by atoms with Crippen molar-refractivity contribution in [3.63, 3.8) is 0 Å². The number of nitrogens with one attached hydrogen (secondary N) is 1. The van der Waals surface area contributed by atoms with Crippen LogP contribution in [0.5, 0.6) is 6.01 Å². The van der Waals surface area contributed by atoms with Crippen LogP contribution in [0.15, 0.2) is 27.9 Å². The van der Waals surface area contributed by atoms with E-state index >= 15 is 0 Å². The van der Waals surface area contributed by atoms with Crippen molar-refractivity contribution in [2.75, 3.05) is 43.7 Å². The number of aromatic nitrogens is 3. The zero-order valence-corrected chi connectivity index (χ0v) is 12.1. The van der Waals surface area contributed by atoms with Gasteiger partial charge in [0.1, 0.15) is 5.76 Å². The number of anilines is 2. The van der Waals surface area contributed by atoms with Crippen molar-refractivity contribution in [1.82, 2.24) is 15.0 Å². The number of rotatable bonds is 5. The van der Waals surface area contributed by atoms with Crippen molar-refractivity contribution in [3.8, 4) is 6.01 Å². The highest BCUT2D eigenvalue weighted by atomic mass is 16.5. The van der Waals surface area contributed by atoms with Crippen LogP contribution in [0.2, 0.25) is 0 Å². The SMILES string of the molecule is COc1nc(NN=Cc2ccco2)nc(N2CCOCC2)n1. The van der Waals surface area contributed by atoms with Gasteiger partial charge in [0.05, 0.1) is 32.8 Å². The average Bonchev–Trinajstić information content (AvgIpc) is 3.09. The molecule has 0 unspecified atom stereocenters. The molecule has 0 bridgehead atoms.